The van der Waals surface area contributed by atoms with Gasteiger partial charge in [0.25, 0.3) is 5.91 Å². The second kappa shape index (κ2) is 8.15. The lowest BCUT2D eigenvalue weighted by Crippen LogP contribution is -2.51. The van der Waals surface area contributed by atoms with Crippen molar-refractivity contribution >= 4 is 29.3 Å². The van der Waals surface area contributed by atoms with Gasteiger partial charge < -0.3 is 16.0 Å². The second-order valence-corrected chi connectivity index (χ2v) is 6.45. The molecule has 3 amide bonds. The molecule has 0 aliphatic carbocycles. The molecule has 2 atom stereocenters. The summed E-state index contributed by atoms with van der Waals surface area (Å²) in [4.78, 5) is 35.6. The summed E-state index contributed by atoms with van der Waals surface area (Å²) in [6.45, 7) is 3.88. The lowest BCUT2D eigenvalue weighted by atomic mass is 10.0. The Bertz CT molecular complexity index is 648. The molecular weight excluding hydrogens is 330 g/mol. The second-order valence-electron chi connectivity index (χ2n) is 6.04. The van der Waals surface area contributed by atoms with E-state index in [4.69, 9.17) is 11.6 Å². The number of piperidine rings is 1. The first kappa shape index (κ1) is 18.3. The van der Waals surface area contributed by atoms with E-state index in [0.717, 1.165) is 5.56 Å². The minimum Gasteiger partial charge on any atom is -0.352 e. The molecule has 0 unspecified atom stereocenters. The summed E-state index contributed by atoms with van der Waals surface area (Å²) >= 11 is 6.02. The number of nitrogens with one attached hydrogen (secondary N) is 3. The van der Waals surface area contributed by atoms with Crippen molar-refractivity contribution in [2.24, 2.45) is 0 Å². The van der Waals surface area contributed by atoms with Gasteiger partial charge in [0.2, 0.25) is 11.8 Å². The van der Waals surface area contributed by atoms with Gasteiger partial charge in [-0.3, -0.25) is 14.4 Å². The minimum absolute atomic E-state index is 0.0980. The molecule has 1 heterocycles. The zero-order chi connectivity index (χ0) is 17.7. The average molecular weight is 352 g/mol. The Morgan fingerprint density at radius 3 is 2.88 bits per heavy atom. The topological polar surface area (TPSA) is 87.3 Å². The van der Waals surface area contributed by atoms with Gasteiger partial charge in [0.15, 0.2) is 0 Å². The Morgan fingerprint density at radius 2 is 2.17 bits per heavy atom. The Morgan fingerprint density at radius 1 is 1.42 bits per heavy atom. The van der Waals surface area contributed by atoms with E-state index in [9.17, 15) is 14.4 Å². The number of carbonyl (C=O) groups excluding carboxylic acids is 3. The lowest BCUT2D eigenvalue weighted by molar-refractivity contribution is -0.131. The summed E-state index contributed by atoms with van der Waals surface area (Å²) in [7, 11) is 0. The fourth-order valence-corrected chi connectivity index (χ4v) is 2.76. The van der Waals surface area contributed by atoms with Crippen LogP contribution in [0.25, 0.3) is 0 Å². The molecule has 1 fully saturated rings. The first-order valence-electron chi connectivity index (χ1n) is 8.01. The molecule has 0 saturated carbocycles. The molecule has 24 heavy (non-hydrogen) atoms. The van der Waals surface area contributed by atoms with Crippen LogP contribution in [0.1, 0.15) is 42.1 Å². The van der Waals surface area contributed by atoms with Crippen molar-refractivity contribution < 1.29 is 14.4 Å². The summed E-state index contributed by atoms with van der Waals surface area (Å²) in [6, 6.07) is 4.43. The third kappa shape index (κ3) is 4.71. The molecule has 1 aliphatic rings. The normalized spacial score (nSPS) is 18.5. The van der Waals surface area contributed by atoms with Gasteiger partial charge in [-0.05, 0) is 44.4 Å². The van der Waals surface area contributed by atoms with Crippen LogP contribution < -0.4 is 16.0 Å². The summed E-state index contributed by atoms with van der Waals surface area (Å²) in [5.41, 5.74) is 1.23. The van der Waals surface area contributed by atoms with Crippen molar-refractivity contribution in [2.75, 3.05) is 6.54 Å². The third-order valence-corrected chi connectivity index (χ3v) is 4.43. The van der Waals surface area contributed by atoms with Gasteiger partial charge in [0, 0.05) is 29.6 Å². The molecule has 130 valence electrons. The van der Waals surface area contributed by atoms with Crippen LogP contribution in [0.4, 0.5) is 0 Å². The van der Waals surface area contributed by atoms with Crippen LogP contribution in [0.15, 0.2) is 18.2 Å². The molecule has 1 aromatic carbocycles. The zero-order valence-corrected chi connectivity index (χ0v) is 14.6. The third-order valence-electron chi connectivity index (χ3n) is 4.02. The summed E-state index contributed by atoms with van der Waals surface area (Å²) in [5, 5.41) is 8.80. The fraction of sp³-hybridized carbons (Fsp3) is 0.471. The van der Waals surface area contributed by atoms with E-state index >= 15 is 0 Å². The Kier molecular flexibility index (Phi) is 6.20. The summed E-state index contributed by atoms with van der Waals surface area (Å²) in [5.74, 6) is -0.551. The number of amides is 3. The molecule has 0 radical (unpaired) electrons. The van der Waals surface area contributed by atoms with E-state index < -0.39 is 6.04 Å². The summed E-state index contributed by atoms with van der Waals surface area (Å²) < 4.78 is 0. The highest BCUT2D eigenvalue weighted by Gasteiger charge is 2.24. The molecule has 1 aromatic rings. The first-order valence-corrected chi connectivity index (χ1v) is 8.39. The number of carbonyl (C=O) groups is 3. The van der Waals surface area contributed by atoms with Crippen LogP contribution in [0.2, 0.25) is 5.02 Å². The van der Waals surface area contributed by atoms with Gasteiger partial charge in [-0.25, -0.2) is 0 Å². The number of benzene rings is 1. The SMILES string of the molecule is Cc1c(Cl)cccc1C(=O)N[C@@H](C)CNC(=O)[C@H]1CCCC(=O)N1. The highest BCUT2D eigenvalue weighted by atomic mass is 35.5. The Labute approximate surface area is 146 Å². The van der Waals surface area contributed by atoms with Gasteiger partial charge >= 0.3 is 0 Å². The average Bonchev–Trinajstić information content (AvgIpc) is 2.55. The maximum absolute atomic E-state index is 12.3. The van der Waals surface area contributed by atoms with Gasteiger partial charge in [-0.15, -0.1) is 0 Å². The Hall–Kier alpha value is -2.08. The van der Waals surface area contributed by atoms with E-state index in [2.05, 4.69) is 16.0 Å². The van der Waals surface area contributed by atoms with Crippen molar-refractivity contribution in [3.63, 3.8) is 0 Å². The summed E-state index contributed by atoms with van der Waals surface area (Å²) in [6.07, 6.45) is 1.82. The number of hydrogen-bond donors (Lipinski definition) is 3. The number of hydrogen-bond acceptors (Lipinski definition) is 3. The molecule has 6 nitrogen and oxygen atoms in total. The molecule has 0 aromatic heterocycles. The van der Waals surface area contributed by atoms with Gasteiger partial charge in [0.05, 0.1) is 0 Å². The van der Waals surface area contributed by atoms with Crippen molar-refractivity contribution in [1.82, 2.24) is 16.0 Å². The maximum atomic E-state index is 12.3. The number of rotatable bonds is 5. The standard InChI is InChI=1S/C17H22ClN3O3/c1-10(9-19-17(24)14-7-4-8-15(22)21-14)20-16(23)12-5-3-6-13(18)11(12)2/h3,5-6,10,14H,4,7-9H2,1-2H3,(H,19,24)(H,20,23)(H,21,22)/t10-,14+/m0/s1. The van der Waals surface area contributed by atoms with Crippen LogP contribution in [-0.4, -0.2) is 36.3 Å². The lowest BCUT2D eigenvalue weighted by Gasteiger charge is -2.23. The van der Waals surface area contributed by atoms with Gasteiger partial charge in [-0.1, -0.05) is 17.7 Å². The van der Waals surface area contributed by atoms with Crippen LogP contribution >= 0.6 is 11.6 Å². The molecule has 2 rings (SSSR count). The van der Waals surface area contributed by atoms with Crippen LogP contribution in [-0.2, 0) is 9.59 Å². The molecule has 7 heteroatoms. The highest BCUT2D eigenvalue weighted by molar-refractivity contribution is 6.31. The molecule has 0 bridgehead atoms. The van der Waals surface area contributed by atoms with Gasteiger partial charge in [-0.2, -0.15) is 0 Å². The van der Waals surface area contributed by atoms with Crippen molar-refractivity contribution in [1.29, 1.82) is 0 Å². The predicted octanol–water partition coefficient (Wildman–Crippen LogP) is 1.55. The van der Waals surface area contributed by atoms with Crippen molar-refractivity contribution in [3.05, 3.63) is 34.3 Å². The first-order chi connectivity index (χ1) is 11.4. The highest BCUT2D eigenvalue weighted by Crippen LogP contribution is 2.18. The molecular formula is C17H22ClN3O3. The van der Waals surface area contributed by atoms with E-state index in [-0.39, 0.29) is 30.3 Å². The maximum Gasteiger partial charge on any atom is 0.251 e. The largest absolute Gasteiger partial charge is 0.352 e. The molecule has 3 N–H and O–H groups in total. The fourth-order valence-electron chi connectivity index (χ4n) is 2.58. The van der Waals surface area contributed by atoms with Crippen molar-refractivity contribution in [2.45, 2.75) is 45.2 Å². The Balaban J connectivity index is 1.83. The number of halogens is 1. The molecule has 1 aliphatic heterocycles. The van der Waals surface area contributed by atoms with E-state index in [1.807, 2.05) is 0 Å². The molecule has 0 spiro atoms. The van der Waals surface area contributed by atoms with Crippen LogP contribution in [0.5, 0.6) is 0 Å². The van der Waals surface area contributed by atoms with Gasteiger partial charge in [0.1, 0.15) is 6.04 Å². The van der Waals surface area contributed by atoms with Crippen LogP contribution in [0, 0.1) is 6.92 Å². The zero-order valence-electron chi connectivity index (χ0n) is 13.8. The monoisotopic (exact) mass is 351 g/mol. The van der Waals surface area contributed by atoms with Crippen molar-refractivity contribution in [3.8, 4) is 0 Å². The van der Waals surface area contributed by atoms with E-state index in [1.165, 1.54) is 0 Å². The minimum atomic E-state index is -0.482. The quantitative estimate of drug-likeness (QED) is 0.752. The van der Waals surface area contributed by atoms with E-state index in [0.29, 0.717) is 29.8 Å². The smallest absolute Gasteiger partial charge is 0.251 e. The van der Waals surface area contributed by atoms with Crippen LogP contribution in [0.3, 0.4) is 0 Å². The predicted molar refractivity (Wildman–Crippen MR) is 91.9 cm³/mol. The van der Waals surface area contributed by atoms with E-state index in [1.54, 1.807) is 32.0 Å². The molecule has 1 saturated heterocycles.